The number of hydrogen-bond donors (Lipinski definition) is 2. The summed E-state index contributed by atoms with van der Waals surface area (Å²) in [6.45, 7) is 0.579. The number of carbonyl (C=O) groups excluding carboxylic acids is 1. The van der Waals surface area contributed by atoms with E-state index in [0.29, 0.717) is 29.5 Å². The summed E-state index contributed by atoms with van der Waals surface area (Å²) in [7, 11) is 1.55. The lowest BCUT2D eigenvalue weighted by atomic mass is 10.2. The number of anilines is 2. The molecule has 0 aliphatic carbocycles. The summed E-state index contributed by atoms with van der Waals surface area (Å²) in [5.74, 6) is 0.739. The van der Waals surface area contributed by atoms with Crippen LogP contribution >= 0.6 is 0 Å². The number of aromatic nitrogens is 3. The largest absolute Gasteiger partial charge is 0.495 e. The molecule has 3 rings (SSSR count). The van der Waals surface area contributed by atoms with Gasteiger partial charge in [0.2, 0.25) is 5.95 Å². The van der Waals surface area contributed by atoms with E-state index in [2.05, 4.69) is 25.6 Å². The first-order chi connectivity index (χ1) is 12.3. The van der Waals surface area contributed by atoms with Crippen molar-refractivity contribution < 1.29 is 9.53 Å². The molecule has 0 unspecified atom stereocenters. The van der Waals surface area contributed by atoms with Crippen LogP contribution in [0.25, 0.3) is 0 Å². The second-order valence-corrected chi connectivity index (χ2v) is 5.16. The third kappa shape index (κ3) is 4.29. The van der Waals surface area contributed by atoms with Crippen LogP contribution in [0.4, 0.5) is 11.6 Å². The summed E-state index contributed by atoms with van der Waals surface area (Å²) in [5.41, 5.74) is 2.02. The summed E-state index contributed by atoms with van der Waals surface area (Å²) in [6.07, 6.45) is 6.41. The number of carbonyl (C=O) groups is 1. The zero-order valence-corrected chi connectivity index (χ0v) is 13.6. The number of methoxy groups -OCH3 is 1. The first kappa shape index (κ1) is 16.4. The van der Waals surface area contributed by atoms with E-state index in [1.807, 2.05) is 24.3 Å². The fourth-order valence-electron chi connectivity index (χ4n) is 2.16. The van der Waals surface area contributed by atoms with Crippen molar-refractivity contribution in [1.29, 1.82) is 0 Å². The molecule has 1 amide bonds. The average Bonchev–Trinajstić information content (AvgIpc) is 2.68. The number of benzene rings is 1. The Morgan fingerprint density at radius 3 is 2.52 bits per heavy atom. The van der Waals surface area contributed by atoms with Gasteiger partial charge in [0.15, 0.2) is 0 Å². The van der Waals surface area contributed by atoms with Gasteiger partial charge in [-0.1, -0.05) is 12.1 Å². The number of nitrogens with one attached hydrogen (secondary N) is 2. The molecule has 0 bridgehead atoms. The molecule has 0 radical (unpaired) electrons. The molecule has 2 N–H and O–H groups in total. The topological polar surface area (TPSA) is 89.0 Å². The van der Waals surface area contributed by atoms with Crippen molar-refractivity contribution in [2.45, 2.75) is 6.54 Å². The summed E-state index contributed by atoms with van der Waals surface area (Å²) in [4.78, 5) is 24.6. The van der Waals surface area contributed by atoms with Crippen LogP contribution in [0.5, 0.6) is 5.75 Å². The molecule has 0 aliphatic heterocycles. The number of nitrogens with zero attached hydrogens (tertiary/aromatic N) is 3. The molecule has 0 saturated heterocycles. The molecular formula is C18H17N5O2. The maximum Gasteiger partial charge on any atom is 0.258 e. The maximum atomic E-state index is 12.3. The Hall–Kier alpha value is -3.48. The zero-order chi connectivity index (χ0) is 17.5. The highest BCUT2D eigenvalue weighted by atomic mass is 16.5. The van der Waals surface area contributed by atoms with Crippen LogP contribution in [0.2, 0.25) is 0 Å². The Balaban J connectivity index is 1.62. The van der Waals surface area contributed by atoms with Crippen molar-refractivity contribution in [2.24, 2.45) is 0 Å². The van der Waals surface area contributed by atoms with Crippen LogP contribution in [0.15, 0.2) is 61.2 Å². The average molecular weight is 335 g/mol. The van der Waals surface area contributed by atoms with E-state index >= 15 is 0 Å². The van der Waals surface area contributed by atoms with Crippen LogP contribution in [-0.4, -0.2) is 28.0 Å². The molecule has 0 aliphatic rings. The molecule has 1 aromatic carbocycles. The van der Waals surface area contributed by atoms with Gasteiger partial charge in [-0.2, -0.15) is 0 Å². The van der Waals surface area contributed by atoms with Crippen LogP contribution < -0.4 is 15.4 Å². The van der Waals surface area contributed by atoms with E-state index in [-0.39, 0.29) is 5.91 Å². The molecule has 2 heterocycles. The predicted octanol–water partition coefficient (Wildman–Crippen LogP) is 2.74. The van der Waals surface area contributed by atoms with Gasteiger partial charge in [0.1, 0.15) is 5.75 Å². The van der Waals surface area contributed by atoms with E-state index in [9.17, 15) is 4.79 Å². The molecule has 0 fully saturated rings. The molecule has 3 aromatic rings. The first-order valence-electron chi connectivity index (χ1n) is 7.65. The van der Waals surface area contributed by atoms with Gasteiger partial charge >= 0.3 is 0 Å². The Morgan fingerprint density at radius 1 is 1.08 bits per heavy atom. The third-order valence-corrected chi connectivity index (χ3v) is 3.47. The highest BCUT2D eigenvalue weighted by Crippen LogP contribution is 2.23. The first-order valence-corrected chi connectivity index (χ1v) is 7.65. The van der Waals surface area contributed by atoms with E-state index in [4.69, 9.17) is 4.74 Å². The Labute approximate surface area is 145 Å². The van der Waals surface area contributed by atoms with E-state index in [1.54, 1.807) is 31.6 Å². The smallest absolute Gasteiger partial charge is 0.258 e. The highest BCUT2D eigenvalue weighted by molar-refractivity contribution is 6.04. The molecule has 0 spiro atoms. The summed E-state index contributed by atoms with van der Waals surface area (Å²) < 4.78 is 5.21. The Morgan fingerprint density at radius 2 is 1.80 bits per heavy atom. The van der Waals surface area contributed by atoms with Gasteiger partial charge in [-0.3, -0.25) is 9.78 Å². The van der Waals surface area contributed by atoms with Crippen molar-refractivity contribution >= 4 is 17.5 Å². The van der Waals surface area contributed by atoms with E-state index < -0.39 is 0 Å². The summed E-state index contributed by atoms with van der Waals surface area (Å²) in [5, 5.41) is 5.88. The van der Waals surface area contributed by atoms with Crippen LogP contribution in [0.1, 0.15) is 15.9 Å². The minimum atomic E-state index is -0.301. The second kappa shape index (κ2) is 7.87. The number of para-hydroxylation sites is 2. The Bertz CT molecular complexity index is 838. The second-order valence-electron chi connectivity index (χ2n) is 5.16. The number of ether oxygens (including phenoxy) is 1. The minimum Gasteiger partial charge on any atom is -0.495 e. The third-order valence-electron chi connectivity index (χ3n) is 3.47. The Kier molecular flexibility index (Phi) is 5.16. The summed E-state index contributed by atoms with van der Waals surface area (Å²) >= 11 is 0. The minimum absolute atomic E-state index is 0.301. The van der Waals surface area contributed by atoms with Crippen molar-refractivity contribution in [3.05, 3.63) is 72.3 Å². The van der Waals surface area contributed by atoms with E-state index in [0.717, 1.165) is 5.56 Å². The molecule has 126 valence electrons. The molecule has 2 aromatic heterocycles. The molecule has 25 heavy (non-hydrogen) atoms. The molecule has 7 nitrogen and oxygen atoms in total. The highest BCUT2D eigenvalue weighted by Gasteiger charge is 2.10. The summed E-state index contributed by atoms with van der Waals surface area (Å²) in [6, 6.07) is 11.0. The van der Waals surface area contributed by atoms with Gasteiger partial charge in [0.25, 0.3) is 5.91 Å². The number of amides is 1. The number of rotatable bonds is 6. The molecule has 7 heteroatoms. The quantitative estimate of drug-likeness (QED) is 0.720. The van der Waals surface area contributed by atoms with E-state index in [1.165, 1.54) is 12.4 Å². The number of hydrogen-bond acceptors (Lipinski definition) is 6. The fourth-order valence-corrected chi connectivity index (χ4v) is 2.16. The predicted molar refractivity (Wildman–Crippen MR) is 94.5 cm³/mol. The van der Waals surface area contributed by atoms with Crippen LogP contribution in [0, 0.1) is 0 Å². The lowest BCUT2D eigenvalue weighted by molar-refractivity contribution is 0.102. The lowest BCUT2D eigenvalue weighted by Gasteiger charge is -2.10. The zero-order valence-electron chi connectivity index (χ0n) is 13.6. The number of pyridine rings is 1. The van der Waals surface area contributed by atoms with Gasteiger partial charge in [0, 0.05) is 31.3 Å². The lowest BCUT2D eigenvalue weighted by Crippen LogP contribution is -2.14. The standard InChI is InChI=1S/C18H17N5O2/c1-25-16-5-3-2-4-15(16)23-17(24)14-11-21-18(22-12-14)20-10-13-6-8-19-9-7-13/h2-9,11-12H,10H2,1H3,(H,23,24)(H,20,21,22). The van der Waals surface area contributed by atoms with Crippen molar-refractivity contribution in [3.63, 3.8) is 0 Å². The van der Waals surface area contributed by atoms with Gasteiger partial charge in [-0.05, 0) is 29.8 Å². The van der Waals surface area contributed by atoms with Crippen LogP contribution in [0.3, 0.4) is 0 Å². The van der Waals surface area contributed by atoms with Crippen molar-refractivity contribution in [1.82, 2.24) is 15.0 Å². The van der Waals surface area contributed by atoms with Gasteiger partial charge in [0.05, 0.1) is 18.4 Å². The normalized spacial score (nSPS) is 10.1. The van der Waals surface area contributed by atoms with Crippen LogP contribution in [-0.2, 0) is 6.54 Å². The van der Waals surface area contributed by atoms with Gasteiger partial charge in [-0.25, -0.2) is 9.97 Å². The molecule has 0 saturated carbocycles. The molecule has 0 atom stereocenters. The van der Waals surface area contributed by atoms with Crippen molar-refractivity contribution in [2.75, 3.05) is 17.7 Å². The SMILES string of the molecule is COc1ccccc1NC(=O)c1cnc(NCc2ccncc2)nc1. The monoisotopic (exact) mass is 335 g/mol. The van der Waals surface area contributed by atoms with Gasteiger partial charge < -0.3 is 15.4 Å². The van der Waals surface area contributed by atoms with Gasteiger partial charge in [-0.15, -0.1) is 0 Å². The fraction of sp³-hybridized carbons (Fsp3) is 0.111. The maximum absolute atomic E-state index is 12.3. The molecular weight excluding hydrogens is 318 g/mol. The van der Waals surface area contributed by atoms with Crippen molar-refractivity contribution in [3.8, 4) is 5.75 Å².